The third-order valence-corrected chi connectivity index (χ3v) is 3.96. The van der Waals surface area contributed by atoms with E-state index in [1.807, 2.05) is 0 Å². The second-order valence-corrected chi connectivity index (χ2v) is 6.08. The van der Waals surface area contributed by atoms with Crippen molar-refractivity contribution in [2.24, 2.45) is 5.41 Å². The van der Waals surface area contributed by atoms with Gasteiger partial charge in [0, 0.05) is 18.5 Å². The molecule has 104 valence electrons. The van der Waals surface area contributed by atoms with Crippen LogP contribution in [0.25, 0.3) is 0 Å². The van der Waals surface area contributed by atoms with Gasteiger partial charge in [-0.25, -0.2) is 4.39 Å². The van der Waals surface area contributed by atoms with Crippen LogP contribution in [-0.4, -0.2) is 24.2 Å². The molecule has 0 saturated heterocycles. The first kappa shape index (κ1) is 14.0. The van der Waals surface area contributed by atoms with Gasteiger partial charge in [-0.2, -0.15) is 0 Å². The summed E-state index contributed by atoms with van der Waals surface area (Å²) < 4.78 is 12.9. The number of benzene rings is 1. The molecule has 0 unspecified atom stereocenters. The molecule has 0 heterocycles. The van der Waals surface area contributed by atoms with E-state index >= 15 is 0 Å². The van der Waals surface area contributed by atoms with E-state index in [-0.39, 0.29) is 11.2 Å². The topological polar surface area (TPSA) is 49.3 Å². The Morgan fingerprint density at radius 1 is 1.37 bits per heavy atom. The molecule has 1 fully saturated rings. The Bertz CT molecular complexity index is 464. The summed E-state index contributed by atoms with van der Waals surface area (Å²) in [7, 11) is 0. The highest BCUT2D eigenvalue weighted by atomic mass is 19.1. The number of rotatable bonds is 6. The van der Waals surface area contributed by atoms with Crippen molar-refractivity contribution < 1.29 is 14.3 Å². The molecule has 1 saturated carbocycles. The fraction of sp³-hybridized carbons (Fsp3) is 0.533. The zero-order valence-corrected chi connectivity index (χ0v) is 11.4. The van der Waals surface area contributed by atoms with E-state index in [1.165, 1.54) is 12.1 Å². The summed E-state index contributed by atoms with van der Waals surface area (Å²) in [5, 5.41) is 12.3. The fourth-order valence-corrected chi connectivity index (χ4v) is 2.23. The Hall–Kier alpha value is -1.42. The Labute approximate surface area is 112 Å². The maximum absolute atomic E-state index is 12.9. The normalized spacial score (nSPS) is 17.2. The van der Waals surface area contributed by atoms with Gasteiger partial charge >= 0.3 is 5.97 Å². The maximum Gasteiger partial charge on any atom is 0.310 e. The molecule has 1 aliphatic rings. The third kappa shape index (κ3) is 3.13. The Morgan fingerprint density at radius 3 is 2.42 bits per heavy atom. The van der Waals surface area contributed by atoms with Crippen LogP contribution in [0.3, 0.4) is 0 Å². The van der Waals surface area contributed by atoms with Gasteiger partial charge in [0.15, 0.2) is 0 Å². The predicted octanol–water partition coefficient (Wildman–Crippen LogP) is 2.56. The van der Waals surface area contributed by atoms with Crippen molar-refractivity contribution in [3.8, 4) is 0 Å². The molecule has 0 atom stereocenters. The highest BCUT2D eigenvalue weighted by molar-refractivity contribution is 5.78. The van der Waals surface area contributed by atoms with Crippen LogP contribution in [0.4, 0.5) is 4.39 Å². The van der Waals surface area contributed by atoms with Gasteiger partial charge in [0.2, 0.25) is 0 Å². The van der Waals surface area contributed by atoms with Crippen LogP contribution < -0.4 is 5.32 Å². The highest BCUT2D eigenvalue weighted by Gasteiger charge is 2.49. The summed E-state index contributed by atoms with van der Waals surface area (Å²) in [5.41, 5.74) is 0.350. The van der Waals surface area contributed by atoms with Crippen LogP contribution in [-0.2, 0) is 10.2 Å². The lowest BCUT2D eigenvalue weighted by molar-refractivity contribution is -0.143. The summed E-state index contributed by atoms with van der Waals surface area (Å²) >= 11 is 0. The van der Waals surface area contributed by atoms with Gasteiger partial charge < -0.3 is 10.4 Å². The van der Waals surface area contributed by atoms with Crippen LogP contribution in [0.5, 0.6) is 0 Å². The molecule has 4 heteroatoms. The van der Waals surface area contributed by atoms with E-state index < -0.39 is 11.4 Å². The van der Waals surface area contributed by atoms with Gasteiger partial charge in [-0.1, -0.05) is 26.0 Å². The lowest BCUT2D eigenvalue weighted by Crippen LogP contribution is -2.38. The molecule has 0 aromatic heterocycles. The van der Waals surface area contributed by atoms with Gasteiger partial charge in [-0.15, -0.1) is 0 Å². The number of hydrogen-bond acceptors (Lipinski definition) is 2. The average molecular weight is 265 g/mol. The average Bonchev–Trinajstić information content (AvgIpc) is 3.10. The van der Waals surface area contributed by atoms with Crippen LogP contribution in [0.15, 0.2) is 24.3 Å². The molecule has 2 rings (SSSR count). The van der Waals surface area contributed by atoms with Crippen LogP contribution in [0, 0.1) is 11.2 Å². The van der Waals surface area contributed by atoms with Crippen LogP contribution >= 0.6 is 0 Å². The molecule has 0 bridgehead atoms. The summed E-state index contributed by atoms with van der Waals surface area (Å²) in [6.07, 6.45) is 1.51. The fourth-order valence-electron chi connectivity index (χ4n) is 2.23. The minimum Gasteiger partial charge on any atom is -0.481 e. The first-order valence-corrected chi connectivity index (χ1v) is 6.56. The lowest BCUT2D eigenvalue weighted by atomic mass is 9.84. The Morgan fingerprint density at radius 2 is 1.95 bits per heavy atom. The van der Waals surface area contributed by atoms with Crippen molar-refractivity contribution in [1.82, 2.24) is 5.32 Å². The zero-order valence-electron chi connectivity index (χ0n) is 11.4. The molecule has 3 nitrogen and oxygen atoms in total. The van der Waals surface area contributed by atoms with Crippen molar-refractivity contribution in [2.45, 2.75) is 32.1 Å². The number of carboxylic acid groups (broad SMARTS) is 1. The molecule has 2 N–H and O–H groups in total. The minimum atomic E-state index is -0.709. The molecule has 19 heavy (non-hydrogen) atoms. The van der Waals surface area contributed by atoms with Crippen LogP contribution in [0.2, 0.25) is 0 Å². The van der Waals surface area contributed by atoms with E-state index in [1.54, 1.807) is 12.1 Å². The second-order valence-electron chi connectivity index (χ2n) is 6.08. The molecule has 1 aromatic carbocycles. The van der Waals surface area contributed by atoms with Crippen LogP contribution in [0.1, 0.15) is 32.3 Å². The molecule has 0 radical (unpaired) electrons. The number of carbonyl (C=O) groups is 1. The second kappa shape index (κ2) is 4.93. The largest absolute Gasteiger partial charge is 0.481 e. The SMILES string of the molecule is CC(C)(CNCC1(C(=O)O)CC1)c1ccc(F)cc1. The molecular formula is C15H20FNO2. The van der Waals surface area contributed by atoms with Gasteiger partial charge in [-0.05, 0) is 30.5 Å². The maximum atomic E-state index is 12.9. The van der Waals surface area contributed by atoms with E-state index in [9.17, 15) is 9.18 Å². The zero-order chi connectivity index (χ0) is 14.1. The molecule has 1 aromatic rings. The van der Waals surface area contributed by atoms with E-state index in [0.717, 1.165) is 18.4 Å². The monoisotopic (exact) mass is 265 g/mol. The first-order valence-electron chi connectivity index (χ1n) is 6.56. The van der Waals surface area contributed by atoms with Gasteiger partial charge in [0.05, 0.1) is 5.41 Å². The molecule has 0 aliphatic heterocycles. The summed E-state index contributed by atoms with van der Waals surface area (Å²) in [6.45, 7) is 5.31. The molecule has 0 spiro atoms. The third-order valence-electron chi connectivity index (χ3n) is 3.96. The first-order chi connectivity index (χ1) is 8.86. The van der Waals surface area contributed by atoms with Gasteiger partial charge in [-0.3, -0.25) is 4.79 Å². The number of hydrogen-bond donors (Lipinski definition) is 2. The smallest absolute Gasteiger partial charge is 0.310 e. The van der Waals surface area contributed by atoms with Crippen molar-refractivity contribution in [3.63, 3.8) is 0 Å². The lowest BCUT2D eigenvalue weighted by Gasteiger charge is -2.26. The Kier molecular flexibility index (Phi) is 3.63. The van der Waals surface area contributed by atoms with E-state index in [2.05, 4.69) is 19.2 Å². The molecule has 0 amide bonds. The van der Waals surface area contributed by atoms with E-state index in [4.69, 9.17) is 5.11 Å². The summed E-state index contributed by atoms with van der Waals surface area (Å²) in [6, 6.07) is 6.47. The van der Waals surface area contributed by atoms with Gasteiger partial charge in [0.25, 0.3) is 0 Å². The Balaban J connectivity index is 1.91. The summed E-state index contributed by atoms with van der Waals surface area (Å²) in [4.78, 5) is 11.1. The minimum absolute atomic E-state index is 0.151. The number of carboxylic acids is 1. The highest BCUT2D eigenvalue weighted by Crippen LogP contribution is 2.45. The van der Waals surface area contributed by atoms with Crippen molar-refractivity contribution in [1.29, 1.82) is 0 Å². The van der Waals surface area contributed by atoms with Gasteiger partial charge in [0.1, 0.15) is 5.82 Å². The molecular weight excluding hydrogens is 245 g/mol. The van der Waals surface area contributed by atoms with Crippen molar-refractivity contribution >= 4 is 5.97 Å². The molecule has 1 aliphatic carbocycles. The number of aliphatic carboxylic acids is 1. The van der Waals surface area contributed by atoms with Crippen molar-refractivity contribution in [3.05, 3.63) is 35.6 Å². The summed E-state index contributed by atoms with van der Waals surface area (Å²) in [5.74, 6) is -0.949. The quantitative estimate of drug-likeness (QED) is 0.831. The number of halogens is 1. The standard InChI is InChI=1S/C15H20FNO2/c1-14(2,11-3-5-12(16)6-4-11)9-17-10-15(7-8-15)13(18)19/h3-6,17H,7-10H2,1-2H3,(H,18,19). The van der Waals surface area contributed by atoms with Crippen molar-refractivity contribution in [2.75, 3.05) is 13.1 Å². The number of nitrogens with one attached hydrogen (secondary N) is 1. The predicted molar refractivity (Wildman–Crippen MR) is 71.6 cm³/mol. The van der Waals surface area contributed by atoms with E-state index in [0.29, 0.717) is 13.1 Å².